The van der Waals surface area contributed by atoms with Crippen LogP contribution in [0.1, 0.15) is 109 Å². The van der Waals surface area contributed by atoms with Gasteiger partial charge in [0.15, 0.2) is 17.1 Å². The number of carbonyl (C=O) groups excluding carboxylic acids is 3. The first-order valence-corrected chi connectivity index (χ1v) is 19.6. The predicted octanol–water partition coefficient (Wildman–Crippen LogP) is 6.22. The number of likely N-dealkylation sites (tertiary alicyclic amines) is 1. The van der Waals surface area contributed by atoms with Crippen LogP contribution in [-0.4, -0.2) is 75.5 Å². The first-order valence-electron chi connectivity index (χ1n) is 19.6. The molecular formula is C41H47N9O4. The average molecular weight is 730 g/mol. The van der Waals surface area contributed by atoms with Gasteiger partial charge in [-0.25, -0.2) is 9.97 Å². The van der Waals surface area contributed by atoms with E-state index in [-0.39, 0.29) is 17.5 Å². The lowest BCUT2D eigenvalue weighted by Crippen LogP contribution is -2.39. The van der Waals surface area contributed by atoms with Gasteiger partial charge in [-0.05, 0) is 124 Å². The molecule has 0 bridgehead atoms. The maximum Gasteiger partial charge on any atom is 0.271 e. The van der Waals surface area contributed by atoms with Crippen LogP contribution in [0.15, 0.2) is 53.3 Å². The number of fused-ring (bicyclic) bond motifs is 3. The van der Waals surface area contributed by atoms with Gasteiger partial charge in [-0.15, -0.1) is 0 Å². The Labute approximate surface area is 313 Å². The summed E-state index contributed by atoms with van der Waals surface area (Å²) in [6.45, 7) is 5.16. The Morgan fingerprint density at radius 1 is 0.963 bits per heavy atom. The van der Waals surface area contributed by atoms with E-state index < -0.39 is 11.8 Å². The van der Waals surface area contributed by atoms with Crippen LogP contribution >= 0.6 is 0 Å². The lowest BCUT2D eigenvalue weighted by atomic mass is 9.88. The molecule has 13 heteroatoms. The summed E-state index contributed by atoms with van der Waals surface area (Å²) in [5, 5.41) is 12.0. The fraction of sp³-hybridized carbons (Fsp3) is 0.463. The fourth-order valence-corrected chi connectivity index (χ4v) is 9.46. The molecule has 3 amide bonds. The molecule has 3 saturated heterocycles. The summed E-state index contributed by atoms with van der Waals surface area (Å²) in [6.07, 6.45) is 13.5. The summed E-state index contributed by atoms with van der Waals surface area (Å²) in [4.78, 5) is 54.1. The molecule has 1 saturated carbocycles. The Hall–Kier alpha value is -5.30. The Kier molecular flexibility index (Phi) is 9.26. The molecule has 0 radical (unpaired) electrons. The molecule has 2 aromatic carbocycles. The minimum atomic E-state index is -0.598. The Balaban J connectivity index is 0.810. The maximum absolute atomic E-state index is 12.7. The van der Waals surface area contributed by atoms with Gasteiger partial charge in [-0.3, -0.25) is 19.7 Å². The number of piperidine rings is 3. The largest absolute Gasteiger partial charge is 0.364 e. The highest BCUT2D eigenvalue weighted by Crippen LogP contribution is 2.45. The molecule has 5 aromatic rings. The molecule has 6 heterocycles. The van der Waals surface area contributed by atoms with Crippen molar-refractivity contribution in [3.05, 3.63) is 71.3 Å². The van der Waals surface area contributed by atoms with Gasteiger partial charge in [0, 0.05) is 48.8 Å². The van der Waals surface area contributed by atoms with Gasteiger partial charge in [0.25, 0.3) is 5.91 Å². The number of aromatic amines is 1. The summed E-state index contributed by atoms with van der Waals surface area (Å²) in [5.74, 6) is 1.11. The Morgan fingerprint density at radius 2 is 1.78 bits per heavy atom. The zero-order valence-corrected chi connectivity index (χ0v) is 30.5. The Bertz CT molecular complexity index is 2200. The number of nitrogens with one attached hydrogen (secondary N) is 3. The minimum absolute atomic E-state index is 0.148. The zero-order valence-electron chi connectivity index (χ0n) is 30.5. The molecule has 2 unspecified atom stereocenters. The van der Waals surface area contributed by atoms with Crippen LogP contribution in [0.4, 0.5) is 17.3 Å². The molecule has 13 nitrogen and oxygen atoms in total. The van der Waals surface area contributed by atoms with Crippen molar-refractivity contribution >= 4 is 56.9 Å². The highest BCUT2D eigenvalue weighted by atomic mass is 16.5. The third-order valence-electron chi connectivity index (χ3n) is 12.3. The summed E-state index contributed by atoms with van der Waals surface area (Å²) in [5.41, 5.74) is 11.7. The van der Waals surface area contributed by atoms with E-state index in [2.05, 4.69) is 72.0 Å². The number of anilines is 3. The number of imide groups is 1. The van der Waals surface area contributed by atoms with Crippen molar-refractivity contribution in [1.29, 1.82) is 0 Å². The minimum Gasteiger partial charge on any atom is -0.364 e. The van der Waals surface area contributed by atoms with Crippen LogP contribution in [0.3, 0.4) is 0 Å². The van der Waals surface area contributed by atoms with E-state index in [4.69, 9.17) is 15.2 Å². The van der Waals surface area contributed by atoms with Gasteiger partial charge < -0.3 is 30.4 Å². The second kappa shape index (κ2) is 14.5. The number of primary amides is 1. The number of hydrogen-bond acceptors (Lipinski definition) is 10. The Morgan fingerprint density at radius 3 is 2.56 bits per heavy atom. The second-order valence-corrected chi connectivity index (χ2v) is 15.7. The van der Waals surface area contributed by atoms with Crippen molar-refractivity contribution in [1.82, 2.24) is 30.3 Å². The number of nitrogens with zero attached hydrogens (tertiary/aromatic N) is 5. The topological polar surface area (TPSA) is 175 Å². The smallest absolute Gasteiger partial charge is 0.271 e. The van der Waals surface area contributed by atoms with Gasteiger partial charge in [0.05, 0.1) is 17.5 Å². The molecule has 1 aliphatic carbocycles. The van der Waals surface area contributed by atoms with Crippen LogP contribution in [0.25, 0.3) is 21.9 Å². The summed E-state index contributed by atoms with van der Waals surface area (Å²) >= 11 is 0. The lowest BCUT2D eigenvalue weighted by molar-refractivity contribution is -0.134. The standard InChI is InChI=1S/C41H47N9O4/c42-39(52)38-40(46-33(22-44-38)50-16-2-1-3-17-50)45-28-8-6-25(7-9-28)26-13-18-49(19-14-26)23-24-4-5-27(20-24)31-21-32-35(29-12-15-43-36(29)31)37(48-54-32)30-10-11-34(51)47-41(30)53/h6-9,12,15,21-22,24,26-27,30,43H,1-5,10-11,13-14,16-20,23H2,(H2,42,52)(H,45,46)(H,47,51,53)/t24-,27?,30?/m1/s1. The molecule has 54 heavy (non-hydrogen) atoms. The molecule has 5 N–H and O–H groups in total. The number of benzene rings is 2. The SMILES string of the molecule is NC(=O)c1ncc(N2CCCCC2)nc1Nc1ccc(C2CCN(C[C@@H]3CCC(c4cc5onc(C6CCC(=O)NC6=O)c5c5cc[nH]c45)C3)CC2)cc1. The number of amides is 3. The van der Waals surface area contributed by atoms with Gasteiger partial charge in [-0.2, -0.15) is 0 Å². The molecule has 4 fully saturated rings. The average Bonchev–Trinajstić information content (AvgIpc) is 3.96. The van der Waals surface area contributed by atoms with Gasteiger partial charge in [0.1, 0.15) is 11.5 Å². The van der Waals surface area contributed by atoms with Crippen molar-refractivity contribution in [3.63, 3.8) is 0 Å². The maximum atomic E-state index is 12.7. The molecule has 0 spiro atoms. The molecule has 3 atom stereocenters. The highest BCUT2D eigenvalue weighted by molar-refractivity contribution is 6.10. The van der Waals surface area contributed by atoms with E-state index in [1.54, 1.807) is 6.20 Å². The molecule has 4 aliphatic rings. The van der Waals surface area contributed by atoms with Crippen molar-refractivity contribution in [2.45, 2.75) is 82.0 Å². The molecular weight excluding hydrogens is 683 g/mol. The number of nitrogens with two attached hydrogens (primary N) is 1. The zero-order chi connectivity index (χ0) is 36.8. The van der Waals surface area contributed by atoms with E-state index in [0.29, 0.717) is 47.7 Å². The van der Waals surface area contributed by atoms with E-state index in [1.165, 1.54) is 24.0 Å². The third kappa shape index (κ3) is 6.69. The van der Waals surface area contributed by atoms with E-state index in [0.717, 1.165) is 99.0 Å². The van der Waals surface area contributed by atoms with Crippen molar-refractivity contribution in [3.8, 4) is 0 Å². The van der Waals surface area contributed by atoms with Crippen LogP contribution in [0, 0.1) is 5.92 Å². The van der Waals surface area contributed by atoms with E-state index in [9.17, 15) is 14.4 Å². The summed E-state index contributed by atoms with van der Waals surface area (Å²) in [6, 6.07) is 12.7. The quantitative estimate of drug-likeness (QED) is 0.128. The molecule has 3 aliphatic heterocycles. The third-order valence-corrected chi connectivity index (χ3v) is 12.3. The lowest BCUT2D eigenvalue weighted by Gasteiger charge is -2.34. The van der Waals surface area contributed by atoms with Crippen LogP contribution in [0.5, 0.6) is 0 Å². The van der Waals surface area contributed by atoms with Crippen molar-refractivity contribution in [2.24, 2.45) is 11.7 Å². The second-order valence-electron chi connectivity index (χ2n) is 15.7. The summed E-state index contributed by atoms with van der Waals surface area (Å²) in [7, 11) is 0. The van der Waals surface area contributed by atoms with Crippen LogP contribution < -0.4 is 21.3 Å². The number of carbonyl (C=O) groups is 3. The van der Waals surface area contributed by atoms with Crippen molar-refractivity contribution in [2.75, 3.05) is 42.9 Å². The van der Waals surface area contributed by atoms with Crippen molar-refractivity contribution < 1.29 is 18.9 Å². The normalized spacial score (nSPS) is 23.0. The first-order chi connectivity index (χ1) is 26.4. The highest BCUT2D eigenvalue weighted by Gasteiger charge is 2.35. The van der Waals surface area contributed by atoms with Gasteiger partial charge in [-0.1, -0.05) is 17.3 Å². The van der Waals surface area contributed by atoms with E-state index in [1.807, 2.05) is 6.20 Å². The van der Waals surface area contributed by atoms with E-state index >= 15 is 0 Å². The summed E-state index contributed by atoms with van der Waals surface area (Å²) < 4.78 is 5.86. The van der Waals surface area contributed by atoms with Crippen LogP contribution in [0.2, 0.25) is 0 Å². The number of aromatic nitrogens is 4. The molecule has 3 aromatic heterocycles. The predicted molar refractivity (Wildman–Crippen MR) is 206 cm³/mol. The van der Waals surface area contributed by atoms with Gasteiger partial charge in [0.2, 0.25) is 11.8 Å². The molecule has 9 rings (SSSR count). The first kappa shape index (κ1) is 34.5. The number of rotatable bonds is 9. The van der Waals surface area contributed by atoms with Crippen LogP contribution in [-0.2, 0) is 9.59 Å². The fourth-order valence-electron chi connectivity index (χ4n) is 9.46. The number of H-pyrrole nitrogens is 1. The number of hydrogen-bond donors (Lipinski definition) is 4. The monoisotopic (exact) mass is 729 g/mol. The molecule has 280 valence electrons. The van der Waals surface area contributed by atoms with Gasteiger partial charge >= 0.3 is 0 Å².